The van der Waals surface area contributed by atoms with E-state index >= 15 is 0 Å². The van der Waals surface area contributed by atoms with E-state index in [0.717, 1.165) is 23.3 Å². The quantitative estimate of drug-likeness (QED) is 0.743. The van der Waals surface area contributed by atoms with Crippen LogP contribution in [0.4, 0.5) is 0 Å². The molecule has 1 aromatic heterocycles. The molecule has 3 rings (SSSR count). The second-order valence-electron chi connectivity index (χ2n) is 5.24. The van der Waals surface area contributed by atoms with Crippen molar-refractivity contribution < 1.29 is 0 Å². The molecule has 0 aliphatic heterocycles. The fraction of sp³-hybridized carbons (Fsp3) is 0.375. The van der Waals surface area contributed by atoms with Crippen molar-refractivity contribution in [3.8, 4) is 10.4 Å². The Morgan fingerprint density at radius 3 is 2.45 bits per heavy atom. The molecular formula is C16H17NOS2. The van der Waals surface area contributed by atoms with E-state index < -0.39 is 0 Å². The van der Waals surface area contributed by atoms with E-state index in [4.69, 9.17) is 12.2 Å². The molecule has 20 heavy (non-hydrogen) atoms. The summed E-state index contributed by atoms with van der Waals surface area (Å²) in [7, 11) is 0. The second-order valence-corrected chi connectivity index (χ2v) is 6.92. The summed E-state index contributed by atoms with van der Waals surface area (Å²) in [4.78, 5) is 13.4. The molecule has 0 bridgehead atoms. The summed E-state index contributed by atoms with van der Waals surface area (Å²) < 4.78 is 2.55. The summed E-state index contributed by atoms with van der Waals surface area (Å²) in [5, 5.41) is 0. The minimum atomic E-state index is 0.0551. The van der Waals surface area contributed by atoms with Crippen LogP contribution in [0.5, 0.6) is 0 Å². The highest BCUT2D eigenvalue weighted by Gasteiger charge is 2.18. The largest absolute Gasteiger partial charge is 0.288 e. The van der Waals surface area contributed by atoms with Gasteiger partial charge >= 0.3 is 0 Å². The summed E-state index contributed by atoms with van der Waals surface area (Å²) in [6.45, 7) is 0. The molecule has 2 aromatic rings. The molecule has 1 heterocycles. The summed E-state index contributed by atoms with van der Waals surface area (Å²) in [6, 6.07) is 12.0. The second kappa shape index (κ2) is 6.02. The highest BCUT2D eigenvalue weighted by atomic mass is 32.1. The van der Waals surface area contributed by atoms with Crippen molar-refractivity contribution in [3.05, 3.63) is 50.7 Å². The molecule has 4 heteroatoms. The van der Waals surface area contributed by atoms with Crippen LogP contribution in [0.2, 0.25) is 0 Å². The monoisotopic (exact) mass is 303 g/mol. The molecule has 0 radical (unpaired) electrons. The average Bonchev–Trinajstić information content (AvgIpc) is 2.48. The zero-order valence-electron chi connectivity index (χ0n) is 11.2. The number of aromatic nitrogens is 1. The number of hydrogen-bond acceptors (Lipinski definition) is 3. The van der Waals surface area contributed by atoms with Gasteiger partial charge in [0.1, 0.15) is 0 Å². The third-order valence-electron chi connectivity index (χ3n) is 3.88. The molecule has 0 saturated heterocycles. The first-order chi connectivity index (χ1) is 9.75. The molecule has 2 nitrogen and oxygen atoms in total. The molecular weight excluding hydrogens is 286 g/mol. The van der Waals surface area contributed by atoms with Crippen molar-refractivity contribution in [1.29, 1.82) is 0 Å². The van der Waals surface area contributed by atoms with Crippen LogP contribution in [0.15, 0.2) is 41.2 Å². The summed E-state index contributed by atoms with van der Waals surface area (Å²) in [5.41, 5.74) is 1.12. The van der Waals surface area contributed by atoms with Gasteiger partial charge in [0, 0.05) is 17.0 Å². The number of benzene rings is 1. The first kappa shape index (κ1) is 13.7. The lowest BCUT2D eigenvalue weighted by molar-refractivity contribution is 0.346. The van der Waals surface area contributed by atoms with Gasteiger partial charge in [-0.05, 0) is 30.6 Å². The van der Waals surface area contributed by atoms with Gasteiger partial charge < -0.3 is 0 Å². The molecule has 104 valence electrons. The minimum absolute atomic E-state index is 0.0551. The van der Waals surface area contributed by atoms with Gasteiger partial charge in [0.05, 0.1) is 0 Å². The molecule has 0 unspecified atom stereocenters. The number of hydrogen-bond donors (Lipinski definition) is 0. The van der Waals surface area contributed by atoms with Gasteiger partial charge in [-0.15, -0.1) is 11.3 Å². The molecule has 0 N–H and O–H groups in total. The van der Waals surface area contributed by atoms with Gasteiger partial charge in [-0.2, -0.15) is 0 Å². The maximum atomic E-state index is 12.4. The van der Waals surface area contributed by atoms with Crippen molar-refractivity contribution in [2.45, 2.75) is 38.1 Å². The zero-order valence-corrected chi connectivity index (χ0v) is 12.9. The van der Waals surface area contributed by atoms with E-state index in [9.17, 15) is 4.79 Å². The van der Waals surface area contributed by atoms with Crippen molar-refractivity contribution in [2.75, 3.05) is 0 Å². The van der Waals surface area contributed by atoms with Gasteiger partial charge in [-0.25, -0.2) is 0 Å². The molecule has 1 aliphatic carbocycles. The summed E-state index contributed by atoms with van der Waals surface area (Å²) in [6.07, 6.45) is 5.86. The van der Waals surface area contributed by atoms with E-state index in [1.54, 1.807) is 17.4 Å². The Bertz CT molecular complexity index is 665. The standard InChI is InChI=1S/C16H17NOS2/c18-15-11-14(12-7-3-1-4-8-12)20-16(19)17(15)13-9-5-2-6-10-13/h1,3-4,7-8,11,13H,2,5-6,9-10H2. The normalized spacial score (nSPS) is 16.2. The predicted octanol–water partition coefficient (Wildman–Crippen LogP) is 4.81. The molecule has 1 aliphatic rings. The molecule has 1 saturated carbocycles. The minimum Gasteiger partial charge on any atom is -0.288 e. The van der Waals surface area contributed by atoms with E-state index in [-0.39, 0.29) is 5.56 Å². The van der Waals surface area contributed by atoms with Gasteiger partial charge in [-0.3, -0.25) is 9.36 Å². The van der Waals surface area contributed by atoms with Crippen molar-refractivity contribution in [2.24, 2.45) is 0 Å². The third kappa shape index (κ3) is 2.76. The first-order valence-corrected chi connectivity index (χ1v) is 8.30. The molecule has 0 amide bonds. The molecule has 0 atom stereocenters. The molecule has 1 fully saturated rings. The maximum Gasteiger partial charge on any atom is 0.253 e. The Balaban J connectivity index is 2.03. The highest BCUT2D eigenvalue weighted by Crippen LogP contribution is 2.29. The molecule has 0 spiro atoms. The van der Waals surface area contributed by atoms with Crippen molar-refractivity contribution in [1.82, 2.24) is 4.57 Å². The van der Waals surface area contributed by atoms with Crippen LogP contribution >= 0.6 is 23.6 Å². The van der Waals surface area contributed by atoms with Gasteiger partial charge in [-0.1, -0.05) is 49.6 Å². The Labute approximate surface area is 127 Å². The van der Waals surface area contributed by atoms with Gasteiger partial charge in [0.25, 0.3) is 5.56 Å². The van der Waals surface area contributed by atoms with E-state index in [1.807, 2.05) is 34.9 Å². The van der Waals surface area contributed by atoms with Crippen LogP contribution in [0, 0.1) is 3.95 Å². The van der Waals surface area contributed by atoms with Crippen molar-refractivity contribution >= 4 is 23.6 Å². The lowest BCUT2D eigenvalue weighted by atomic mass is 9.95. The summed E-state index contributed by atoms with van der Waals surface area (Å²) in [5.74, 6) is 0. The van der Waals surface area contributed by atoms with Gasteiger partial charge in [0.2, 0.25) is 0 Å². The zero-order chi connectivity index (χ0) is 13.9. The first-order valence-electron chi connectivity index (χ1n) is 7.08. The number of nitrogens with zero attached hydrogens (tertiary/aromatic N) is 1. The SMILES string of the molecule is O=c1cc(-c2ccccc2)sc(=S)n1C1CCCCC1. The van der Waals surface area contributed by atoms with Crippen LogP contribution in [0.1, 0.15) is 38.1 Å². The average molecular weight is 303 g/mol. The van der Waals surface area contributed by atoms with Crippen LogP contribution in [-0.4, -0.2) is 4.57 Å². The molecule has 1 aromatic carbocycles. The fourth-order valence-corrected chi connectivity index (χ4v) is 4.30. The fourth-order valence-electron chi connectivity index (χ4n) is 2.86. The van der Waals surface area contributed by atoms with Crippen LogP contribution in [0.3, 0.4) is 0 Å². The van der Waals surface area contributed by atoms with Crippen LogP contribution in [0.25, 0.3) is 10.4 Å². The van der Waals surface area contributed by atoms with E-state index in [0.29, 0.717) is 10.00 Å². The predicted molar refractivity (Wildman–Crippen MR) is 87.0 cm³/mol. The van der Waals surface area contributed by atoms with Crippen LogP contribution < -0.4 is 5.56 Å². The van der Waals surface area contributed by atoms with Crippen molar-refractivity contribution in [3.63, 3.8) is 0 Å². The van der Waals surface area contributed by atoms with Crippen LogP contribution in [-0.2, 0) is 0 Å². The summed E-state index contributed by atoms with van der Waals surface area (Å²) >= 11 is 7.03. The smallest absolute Gasteiger partial charge is 0.253 e. The van der Waals surface area contributed by atoms with E-state index in [1.165, 1.54) is 19.3 Å². The van der Waals surface area contributed by atoms with Gasteiger partial charge in [0.15, 0.2) is 3.95 Å². The maximum absolute atomic E-state index is 12.4. The number of rotatable bonds is 2. The lowest BCUT2D eigenvalue weighted by Crippen LogP contribution is -2.25. The Kier molecular flexibility index (Phi) is 4.13. The Hall–Kier alpha value is -1.26. The van der Waals surface area contributed by atoms with E-state index in [2.05, 4.69) is 0 Å². The topological polar surface area (TPSA) is 22.0 Å². The Morgan fingerprint density at radius 2 is 1.80 bits per heavy atom. The highest BCUT2D eigenvalue weighted by molar-refractivity contribution is 7.73. The lowest BCUT2D eigenvalue weighted by Gasteiger charge is -2.23. The Morgan fingerprint density at radius 1 is 1.10 bits per heavy atom. The third-order valence-corrected chi connectivity index (χ3v) is 5.28.